The van der Waals surface area contributed by atoms with Crippen LogP contribution in [0, 0.1) is 11.8 Å². The third-order valence-electron chi connectivity index (χ3n) is 6.92. The van der Waals surface area contributed by atoms with Crippen LogP contribution in [-0.2, 0) is 52.3 Å². The van der Waals surface area contributed by atoms with Crippen LogP contribution in [0.2, 0.25) is 0 Å². The molecule has 5 rings (SSSR count). The van der Waals surface area contributed by atoms with Gasteiger partial charge in [-0.2, -0.15) is 0 Å². The van der Waals surface area contributed by atoms with E-state index in [1.165, 1.54) is 0 Å². The highest BCUT2D eigenvalue weighted by molar-refractivity contribution is 5.86. The fourth-order valence-electron chi connectivity index (χ4n) is 5.16. The van der Waals surface area contributed by atoms with Gasteiger partial charge in [-0.25, -0.2) is 4.79 Å². The first-order valence-electron chi connectivity index (χ1n) is 11.1. The van der Waals surface area contributed by atoms with E-state index in [1.807, 2.05) is 0 Å². The third kappa shape index (κ3) is 3.75. The van der Waals surface area contributed by atoms with E-state index >= 15 is 0 Å². The van der Waals surface area contributed by atoms with Gasteiger partial charge in [0.2, 0.25) is 0 Å². The fourth-order valence-corrected chi connectivity index (χ4v) is 5.16. The molecule has 33 heavy (non-hydrogen) atoms. The predicted molar refractivity (Wildman–Crippen MR) is 105 cm³/mol. The zero-order valence-corrected chi connectivity index (χ0v) is 18.8. The van der Waals surface area contributed by atoms with Crippen LogP contribution in [0.15, 0.2) is 12.2 Å². The maximum atomic E-state index is 12.3. The first kappa shape index (κ1) is 22.7. The maximum Gasteiger partial charge on any atom is 0.333 e. The van der Waals surface area contributed by atoms with E-state index in [4.69, 9.17) is 37.9 Å². The summed E-state index contributed by atoms with van der Waals surface area (Å²) in [6.07, 6.45) is -2.92. The lowest BCUT2D eigenvalue weighted by Crippen LogP contribution is -2.56. The Morgan fingerprint density at radius 1 is 0.939 bits per heavy atom. The van der Waals surface area contributed by atoms with E-state index < -0.39 is 72.0 Å². The van der Waals surface area contributed by atoms with Gasteiger partial charge in [0.1, 0.15) is 42.9 Å². The first-order chi connectivity index (χ1) is 15.6. The highest BCUT2D eigenvalue weighted by Gasteiger charge is 2.66. The van der Waals surface area contributed by atoms with E-state index in [2.05, 4.69) is 6.58 Å². The zero-order chi connectivity index (χ0) is 23.5. The number of esters is 3. The van der Waals surface area contributed by atoms with Crippen molar-refractivity contribution in [2.24, 2.45) is 11.8 Å². The highest BCUT2D eigenvalue weighted by atomic mass is 16.9. The lowest BCUT2D eigenvalue weighted by Gasteiger charge is -2.36. The van der Waals surface area contributed by atoms with Crippen LogP contribution < -0.4 is 0 Å². The monoisotopic (exact) mass is 468 g/mol. The second-order valence-corrected chi connectivity index (χ2v) is 9.34. The summed E-state index contributed by atoms with van der Waals surface area (Å²) in [5.41, 5.74) is 0.245. The van der Waals surface area contributed by atoms with Gasteiger partial charge in [0.05, 0.1) is 13.2 Å². The smallest absolute Gasteiger partial charge is 0.333 e. The van der Waals surface area contributed by atoms with Gasteiger partial charge in [0, 0.05) is 18.4 Å². The van der Waals surface area contributed by atoms with Crippen molar-refractivity contribution in [3.8, 4) is 0 Å². The lowest BCUT2D eigenvalue weighted by atomic mass is 9.98. The number of hydrogen-bond donors (Lipinski definition) is 0. The van der Waals surface area contributed by atoms with Gasteiger partial charge in [-0.3, -0.25) is 9.59 Å². The second kappa shape index (κ2) is 8.02. The van der Waals surface area contributed by atoms with E-state index in [1.54, 1.807) is 20.8 Å². The Labute approximate surface area is 190 Å². The van der Waals surface area contributed by atoms with Crippen LogP contribution in [-0.4, -0.2) is 80.0 Å². The molecule has 182 valence electrons. The molecule has 0 radical (unpaired) electrons. The van der Waals surface area contributed by atoms with Crippen LogP contribution in [0.25, 0.3) is 0 Å². The molecule has 0 aromatic rings. The number of carbonyl (C=O) groups excluding carboxylic acids is 3. The normalized spacial score (nSPS) is 46.5. The minimum atomic E-state index is -1.29. The van der Waals surface area contributed by atoms with E-state index in [9.17, 15) is 14.4 Å². The SMILES string of the molecule is C=C(C)C(=O)OC[C@H]1O[C@H]2OC(C)(C3CCOC3=O)O[C@H]2[C@H]2OC(C)(C3CCOC3=O)O[C@@H]21. The average molecular weight is 468 g/mol. The van der Waals surface area contributed by atoms with Crippen LogP contribution in [0.1, 0.15) is 33.6 Å². The standard InChI is InChI=1S/C22H28O11/c1-10(2)17(23)28-9-13-14-15(31-21(3,30-14)11-5-7-26-18(11)24)16-20(29-13)33-22(4,32-16)12-6-8-27-19(12)25/h11-16,20H,1,5-9H2,2-4H3/t11?,12?,13-,14-,15+,16+,20+,21?,22?/m1/s1. The summed E-state index contributed by atoms with van der Waals surface area (Å²) >= 11 is 0. The predicted octanol–water partition coefficient (Wildman–Crippen LogP) is 0.589. The quantitative estimate of drug-likeness (QED) is 0.320. The molecule has 5 aliphatic rings. The molecular formula is C22H28O11. The van der Waals surface area contributed by atoms with Gasteiger partial charge in [-0.15, -0.1) is 0 Å². The molecule has 0 saturated carbocycles. The van der Waals surface area contributed by atoms with Crippen molar-refractivity contribution in [3.05, 3.63) is 12.2 Å². The maximum absolute atomic E-state index is 12.3. The van der Waals surface area contributed by atoms with Crippen LogP contribution in [0.5, 0.6) is 0 Å². The third-order valence-corrected chi connectivity index (χ3v) is 6.92. The van der Waals surface area contributed by atoms with Crippen molar-refractivity contribution in [2.45, 2.75) is 75.9 Å². The first-order valence-corrected chi connectivity index (χ1v) is 11.1. The topological polar surface area (TPSA) is 125 Å². The van der Waals surface area contributed by atoms with Crippen molar-refractivity contribution in [3.63, 3.8) is 0 Å². The molecule has 5 saturated heterocycles. The van der Waals surface area contributed by atoms with Crippen LogP contribution in [0.3, 0.4) is 0 Å². The Hall–Kier alpha value is -2.05. The molecule has 0 spiro atoms. The molecule has 11 heteroatoms. The molecule has 0 aromatic heterocycles. The molecule has 9 atom stereocenters. The number of hydrogen-bond acceptors (Lipinski definition) is 11. The zero-order valence-electron chi connectivity index (χ0n) is 18.8. The van der Waals surface area contributed by atoms with Gasteiger partial charge in [-0.1, -0.05) is 6.58 Å². The van der Waals surface area contributed by atoms with Crippen LogP contribution >= 0.6 is 0 Å². The summed E-state index contributed by atoms with van der Waals surface area (Å²) in [7, 11) is 0. The Morgan fingerprint density at radius 2 is 1.48 bits per heavy atom. The second-order valence-electron chi connectivity index (χ2n) is 9.34. The minimum Gasteiger partial charge on any atom is -0.465 e. The molecular weight excluding hydrogens is 440 g/mol. The molecule has 5 heterocycles. The van der Waals surface area contributed by atoms with E-state index in [0.717, 1.165) is 0 Å². The Kier molecular flexibility index (Phi) is 5.52. The van der Waals surface area contributed by atoms with Crippen molar-refractivity contribution in [1.82, 2.24) is 0 Å². The van der Waals surface area contributed by atoms with E-state index in [0.29, 0.717) is 12.8 Å². The molecule has 0 aromatic carbocycles. The highest BCUT2D eigenvalue weighted by Crippen LogP contribution is 2.50. The summed E-state index contributed by atoms with van der Waals surface area (Å²) in [5, 5.41) is 0. The van der Waals surface area contributed by atoms with Crippen molar-refractivity contribution < 1.29 is 52.3 Å². The summed E-state index contributed by atoms with van der Waals surface area (Å²) in [6.45, 7) is 8.90. The van der Waals surface area contributed by atoms with Gasteiger partial charge in [-0.05, 0) is 20.8 Å². The van der Waals surface area contributed by atoms with Gasteiger partial charge in [0.25, 0.3) is 0 Å². The van der Waals surface area contributed by atoms with Crippen LogP contribution in [0.4, 0.5) is 0 Å². The number of rotatable bonds is 5. The summed E-state index contributed by atoms with van der Waals surface area (Å²) in [4.78, 5) is 36.5. The lowest BCUT2D eigenvalue weighted by molar-refractivity contribution is -0.255. The molecule has 5 aliphatic heterocycles. The Bertz CT molecular complexity index is 872. The van der Waals surface area contributed by atoms with Crippen molar-refractivity contribution in [1.29, 1.82) is 0 Å². The summed E-state index contributed by atoms with van der Waals surface area (Å²) in [5.74, 6) is -5.19. The fraction of sp³-hybridized carbons (Fsp3) is 0.773. The molecule has 0 N–H and O–H groups in total. The van der Waals surface area contributed by atoms with Gasteiger partial charge in [0.15, 0.2) is 17.9 Å². The Morgan fingerprint density at radius 3 is 2.03 bits per heavy atom. The van der Waals surface area contributed by atoms with Crippen molar-refractivity contribution in [2.75, 3.05) is 19.8 Å². The van der Waals surface area contributed by atoms with Gasteiger partial charge < -0.3 is 37.9 Å². The number of ether oxygens (including phenoxy) is 8. The Balaban J connectivity index is 1.40. The number of carbonyl (C=O) groups is 3. The summed E-state index contributed by atoms with van der Waals surface area (Å²) in [6, 6.07) is 0. The average Bonchev–Trinajstić information content (AvgIpc) is 3.51. The largest absolute Gasteiger partial charge is 0.465 e. The minimum absolute atomic E-state index is 0.143. The molecule has 0 bridgehead atoms. The molecule has 4 unspecified atom stereocenters. The number of fused-ring (bicyclic) bond motifs is 3. The molecule has 0 aliphatic carbocycles. The number of cyclic esters (lactones) is 2. The molecule has 0 amide bonds. The summed E-state index contributed by atoms with van der Waals surface area (Å²) < 4.78 is 46.5. The molecule has 11 nitrogen and oxygen atoms in total. The van der Waals surface area contributed by atoms with E-state index in [-0.39, 0.29) is 25.4 Å². The van der Waals surface area contributed by atoms with Crippen molar-refractivity contribution >= 4 is 17.9 Å². The van der Waals surface area contributed by atoms with Gasteiger partial charge >= 0.3 is 17.9 Å². The molecule has 5 fully saturated rings.